The molecule has 4 amide bonds. The highest BCUT2D eigenvalue weighted by Crippen LogP contribution is 2.54. The fraction of sp³-hybridized carbons (Fsp3) is 0.469. The molecule has 4 N–H and O–H groups in total. The molecule has 1 unspecified atom stereocenters. The number of nitrogens with zero attached hydrogens (tertiary/aromatic N) is 4. The van der Waals surface area contributed by atoms with E-state index < -0.39 is 42.0 Å². The van der Waals surface area contributed by atoms with Gasteiger partial charge in [-0.05, 0) is 83.5 Å². The molecule has 67 heavy (non-hydrogen) atoms. The van der Waals surface area contributed by atoms with Crippen LogP contribution in [0, 0.1) is 17.8 Å². The molecule has 2 aliphatic carbocycles. The number of imidazole rings is 2. The van der Waals surface area contributed by atoms with Crippen molar-refractivity contribution in [2.24, 2.45) is 17.8 Å². The third kappa shape index (κ3) is 7.57. The van der Waals surface area contributed by atoms with Gasteiger partial charge in [0, 0.05) is 29.2 Å². The zero-order valence-electron chi connectivity index (χ0n) is 38.2. The van der Waals surface area contributed by atoms with Crippen LogP contribution in [0.15, 0.2) is 60.8 Å². The molecule has 1 saturated carbocycles. The predicted octanol–water partition coefficient (Wildman–Crippen LogP) is 7.57. The molecule has 6 atom stereocenters. The number of alkyl carbamates (subject to hydrolysis) is 2. The molecule has 1 spiro atoms. The van der Waals surface area contributed by atoms with Crippen LogP contribution in [-0.4, -0.2) is 112 Å². The van der Waals surface area contributed by atoms with Crippen molar-refractivity contribution in [3.8, 4) is 33.5 Å². The Morgan fingerprint density at radius 2 is 1.40 bits per heavy atom. The van der Waals surface area contributed by atoms with E-state index in [2.05, 4.69) is 25.6 Å². The summed E-state index contributed by atoms with van der Waals surface area (Å²) < 4.78 is 55.1. The number of aromatic nitrogens is 4. The molecule has 3 saturated heterocycles. The molecule has 5 aromatic rings. The van der Waals surface area contributed by atoms with Crippen molar-refractivity contribution >= 4 is 35.0 Å². The summed E-state index contributed by atoms with van der Waals surface area (Å²) in [6, 6.07) is 13.2. The van der Waals surface area contributed by atoms with Gasteiger partial charge in [0.05, 0.1) is 69.0 Å². The summed E-state index contributed by atoms with van der Waals surface area (Å²) >= 11 is 0. The molecule has 3 aromatic carbocycles. The minimum atomic E-state index is -3.32. The van der Waals surface area contributed by atoms with Crippen molar-refractivity contribution in [2.75, 3.05) is 34.0 Å². The fourth-order valence-corrected chi connectivity index (χ4v) is 11.0. The molecule has 2 aromatic heterocycles. The molecule has 16 nitrogen and oxygen atoms in total. The number of carbonyl (C=O) groups excluding carboxylic acids is 4. The van der Waals surface area contributed by atoms with E-state index in [-0.39, 0.29) is 65.7 Å². The maximum atomic E-state index is 16.7. The summed E-state index contributed by atoms with van der Waals surface area (Å²) in [6.45, 7) is 8.26. The summed E-state index contributed by atoms with van der Waals surface area (Å²) in [5, 5.41) is 5.38. The third-order valence-electron chi connectivity index (χ3n) is 14.4. The summed E-state index contributed by atoms with van der Waals surface area (Å²) in [4.78, 5) is 72.4. The van der Waals surface area contributed by atoms with E-state index >= 15 is 8.78 Å². The van der Waals surface area contributed by atoms with Crippen LogP contribution in [0.3, 0.4) is 0 Å². The lowest BCUT2D eigenvalue weighted by atomic mass is 9.95. The first kappa shape index (κ1) is 44.4. The van der Waals surface area contributed by atoms with Crippen LogP contribution in [-0.2, 0) is 34.5 Å². The van der Waals surface area contributed by atoms with E-state index in [9.17, 15) is 19.2 Å². The summed E-state index contributed by atoms with van der Waals surface area (Å²) in [7, 11) is 2.51. The Labute approximate surface area is 385 Å². The summed E-state index contributed by atoms with van der Waals surface area (Å²) in [5.41, 5.74) is 4.36. The van der Waals surface area contributed by atoms with Crippen LogP contribution in [0.25, 0.3) is 44.5 Å². The Balaban J connectivity index is 0.902. The number of aromatic amines is 2. The number of benzene rings is 3. The highest BCUT2D eigenvalue weighted by Gasteiger charge is 2.54. The van der Waals surface area contributed by atoms with E-state index in [0.29, 0.717) is 58.3 Å². The van der Waals surface area contributed by atoms with Gasteiger partial charge < -0.3 is 49.3 Å². The van der Waals surface area contributed by atoms with Gasteiger partial charge in [0.25, 0.3) is 5.92 Å². The Bertz CT molecular complexity index is 2780. The van der Waals surface area contributed by atoms with Gasteiger partial charge in [-0.1, -0.05) is 58.0 Å². The normalized spacial score (nSPS) is 23.0. The molecule has 5 aliphatic rings. The SMILES string of the molecule is COC(=O)NC(C(=O)N1[C@@H]2CC[C@H](C2)[C@H]1c1nc2ccc(-c3ccc4c(c3)C(F)(F)c3cc(-c5cnc([C@@H]6CC7(CN6C(=O)[C@@H](NC(=O)OC)C(C)C)OCCO7)[nH]5)ccc3-4)cc2[nH]1)C(C)C. The van der Waals surface area contributed by atoms with Gasteiger partial charge in [0.15, 0.2) is 5.79 Å². The number of fused-ring (bicyclic) bond motifs is 6. The molecule has 10 rings (SSSR count). The number of nitrogens with one attached hydrogen (secondary N) is 4. The number of alkyl halides is 2. The van der Waals surface area contributed by atoms with E-state index in [1.54, 1.807) is 35.4 Å². The first-order chi connectivity index (χ1) is 32.1. The van der Waals surface area contributed by atoms with Crippen molar-refractivity contribution in [3.05, 3.63) is 83.6 Å². The second-order valence-electron chi connectivity index (χ2n) is 19.1. The quantitative estimate of drug-likeness (QED) is 0.109. The molecule has 4 fully saturated rings. The van der Waals surface area contributed by atoms with E-state index in [1.165, 1.54) is 20.3 Å². The van der Waals surface area contributed by atoms with Gasteiger partial charge in [-0.3, -0.25) is 9.59 Å². The Hall–Kier alpha value is -6.40. The van der Waals surface area contributed by atoms with Crippen molar-refractivity contribution in [1.82, 2.24) is 40.4 Å². The second kappa shape index (κ2) is 16.7. The average molecular weight is 921 g/mol. The van der Waals surface area contributed by atoms with Crippen molar-refractivity contribution in [2.45, 2.75) is 95.3 Å². The number of ether oxygens (including phenoxy) is 4. The maximum Gasteiger partial charge on any atom is 0.407 e. The van der Waals surface area contributed by atoms with Crippen LogP contribution in [0.1, 0.15) is 88.2 Å². The standard InChI is InChI=1S/C49H54F2N8O8/c1-24(2)39(56-46(62)64-5)44(60)58-23-48(66-15-16-67-48)21-38(58)42-52-22-37(55-42)28-9-13-32-31-12-8-26(18-33(31)49(50,51)34(32)19-28)27-10-14-35-36(20-27)54-43(53-35)41-29-7-11-30(17-29)59(41)45(61)40(25(3)4)57-47(63)65-6/h8-10,12-14,18-20,22,24-25,29-30,38-41H,7,11,15-17,21,23H2,1-6H3,(H,52,55)(H,53,54)(H,56,62)(H,57,63)/t29-,30-,38+,39+,40?,41+/m1/s1. The molecule has 2 bridgehead atoms. The van der Waals surface area contributed by atoms with Crippen LogP contribution >= 0.6 is 0 Å². The molecule has 0 radical (unpaired) electrons. The molecular formula is C49H54F2N8O8. The highest BCUT2D eigenvalue weighted by atomic mass is 19.3. The Morgan fingerprint density at radius 3 is 2.06 bits per heavy atom. The summed E-state index contributed by atoms with van der Waals surface area (Å²) in [6.07, 6.45) is 3.15. The van der Waals surface area contributed by atoms with Gasteiger partial charge in [0.2, 0.25) is 11.8 Å². The zero-order valence-corrected chi connectivity index (χ0v) is 38.2. The van der Waals surface area contributed by atoms with Crippen LogP contribution in [0.5, 0.6) is 0 Å². The number of H-pyrrole nitrogens is 2. The highest BCUT2D eigenvalue weighted by molar-refractivity contribution is 5.89. The molecular weight excluding hydrogens is 867 g/mol. The predicted molar refractivity (Wildman–Crippen MR) is 240 cm³/mol. The smallest absolute Gasteiger partial charge is 0.407 e. The fourth-order valence-electron chi connectivity index (χ4n) is 11.0. The van der Waals surface area contributed by atoms with E-state index in [1.807, 2.05) is 56.9 Å². The number of methoxy groups -OCH3 is 2. The van der Waals surface area contributed by atoms with Gasteiger partial charge >= 0.3 is 12.2 Å². The maximum absolute atomic E-state index is 16.7. The number of carbonyl (C=O) groups is 4. The lowest BCUT2D eigenvalue weighted by molar-refractivity contribution is -0.153. The second-order valence-corrected chi connectivity index (χ2v) is 19.1. The lowest BCUT2D eigenvalue weighted by Crippen LogP contribution is -2.54. The topological polar surface area (TPSA) is 193 Å². The molecule has 3 aliphatic heterocycles. The van der Waals surface area contributed by atoms with E-state index in [0.717, 1.165) is 30.3 Å². The zero-order chi connectivity index (χ0) is 47.1. The summed E-state index contributed by atoms with van der Waals surface area (Å²) in [5.74, 6) is -4.04. The van der Waals surface area contributed by atoms with E-state index in [4.69, 9.17) is 23.9 Å². The van der Waals surface area contributed by atoms with Crippen molar-refractivity contribution in [1.29, 1.82) is 0 Å². The van der Waals surface area contributed by atoms with Crippen molar-refractivity contribution in [3.63, 3.8) is 0 Å². The van der Waals surface area contributed by atoms with Crippen LogP contribution in [0.4, 0.5) is 18.4 Å². The minimum Gasteiger partial charge on any atom is -0.453 e. The van der Waals surface area contributed by atoms with Gasteiger partial charge in [-0.15, -0.1) is 0 Å². The van der Waals surface area contributed by atoms with Crippen LogP contribution in [0.2, 0.25) is 0 Å². The number of rotatable bonds is 10. The van der Waals surface area contributed by atoms with Gasteiger partial charge in [-0.2, -0.15) is 8.78 Å². The number of amides is 4. The number of likely N-dealkylation sites (tertiary alicyclic amines) is 2. The largest absolute Gasteiger partial charge is 0.453 e. The average Bonchev–Trinajstić information content (AvgIpc) is 4.20. The number of hydrogen-bond donors (Lipinski definition) is 4. The first-order valence-corrected chi connectivity index (χ1v) is 22.9. The number of hydrogen-bond acceptors (Lipinski definition) is 10. The molecule has 352 valence electrons. The monoisotopic (exact) mass is 920 g/mol. The van der Waals surface area contributed by atoms with Gasteiger partial charge in [0.1, 0.15) is 23.7 Å². The Morgan fingerprint density at radius 1 is 0.791 bits per heavy atom. The first-order valence-electron chi connectivity index (χ1n) is 22.9. The van der Waals surface area contributed by atoms with Crippen molar-refractivity contribution < 1.29 is 46.9 Å². The van der Waals surface area contributed by atoms with Crippen LogP contribution < -0.4 is 10.6 Å². The minimum absolute atomic E-state index is 0.0366. The Kier molecular flexibility index (Phi) is 11.1. The third-order valence-corrected chi connectivity index (χ3v) is 14.4. The van der Waals surface area contributed by atoms with Gasteiger partial charge in [-0.25, -0.2) is 19.6 Å². The molecule has 5 heterocycles. The number of halogens is 2. The molecule has 18 heteroatoms. The number of piperidine rings is 1. The lowest BCUT2D eigenvalue weighted by Gasteiger charge is -2.37.